The molecule has 0 aromatic heterocycles. The molecule has 1 aliphatic heterocycles. The van der Waals surface area contributed by atoms with Crippen molar-refractivity contribution in [3.8, 4) is 5.75 Å². The largest absolute Gasteiger partial charge is 0.507 e. The first-order valence-electron chi connectivity index (χ1n) is 10.5. The number of nitro groups is 1. The van der Waals surface area contributed by atoms with Crippen LogP contribution in [0.2, 0.25) is 10.0 Å². The topological polar surface area (TPSA) is 124 Å². The average Bonchev–Trinajstić information content (AvgIpc) is 3.06. The van der Waals surface area contributed by atoms with Crippen molar-refractivity contribution >= 4 is 46.3 Å². The number of aliphatic hydroxyl groups is 1. The van der Waals surface area contributed by atoms with Crippen LogP contribution in [0.5, 0.6) is 5.75 Å². The number of hydrogen-bond acceptors (Lipinski definition) is 7. The Bertz CT molecular complexity index is 1180. The molecular weight excluding hydrogens is 485 g/mol. The summed E-state index contributed by atoms with van der Waals surface area (Å²) < 4.78 is 0. The van der Waals surface area contributed by atoms with E-state index in [9.17, 15) is 29.9 Å². The lowest BCUT2D eigenvalue weighted by atomic mass is 9.95. The van der Waals surface area contributed by atoms with Crippen molar-refractivity contribution < 1.29 is 24.7 Å². The van der Waals surface area contributed by atoms with Gasteiger partial charge in [0.05, 0.1) is 26.6 Å². The van der Waals surface area contributed by atoms with Gasteiger partial charge in [0.25, 0.3) is 11.7 Å². The van der Waals surface area contributed by atoms with Crippen LogP contribution in [-0.2, 0) is 9.59 Å². The number of Topliss-reactive ketones (excluding diaryl/α,β-unsaturated/α-hetero) is 1. The van der Waals surface area contributed by atoms with Crippen LogP contribution < -0.4 is 0 Å². The lowest BCUT2D eigenvalue weighted by Gasteiger charge is -2.28. The number of ketones is 1. The van der Waals surface area contributed by atoms with E-state index in [-0.39, 0.29) is 33.3 Å². The second-order valence-electron chi connectivity index (χ2n) is 7.65. The Labute approximate surface area is 205 Å². The number of nitro benzene ring substituents is 1. The summed E-state index contributed by atoms with van der Waals surface area (Å²) in [7, 11) is 0. The first-order chi connectivity index (χ1) is 16.1. The fourth-order valence-electron chi connectivity index (χ4n) is 3.90. The Morgan fingerprint density at radius 1 is 1.12 bits per heavy atom. The molecule has 0 aliphatic carbocycles. The predicted molar refractivity (Wildman–Crippen MR) is 128 cm³/mol. The van der Waals surface area contributed by atoms with Gasteiger partial charge in [-0.15, -0.1) is 0 Å². The minimum atomic E-state index is -1.11. The number of likely N-dealkylation sites (N-methyl/N-ethyl adjacent to an activating group) is 1. The number of aliphatic hydroxyl groups excluding tert-OH is 1. The zero-order valence-corrected chi connectivity index (χ0v) is 20.0. The van der Waals surface area contributed by atoms with Gasteiger partial charge < -0.3 is 20.0 Å². The zero-order valence-electron chi connectivity index (χ0n) is 18.5. The van der Waals surface area contributed by atoms with E-state index < -0.39 is 39.9 Å². The molecule has 1 atom stereocenters. The molecule has 2 aromatic carbocycles. The normalized spacial score (nSPS) is 17.6. The molecule has 180 valence electrons. The first-order valence-corrected chi connectivity index (χ1v) is 11.3. The number of nitrogens with zero attached hydrogens (tertiary/aromatic N) is 3. The van der Waals surface area contributed by atoms with Crippen molar-refractivity contribution in [1.82, 2.24) is 9.80 Å². The van der Waals surface area contributed by atoms with E-state index in [2.05, 4.69) is 4.90 Å². The standard InChI is InChI=1S/C23H23Cl2N3O6/c1-3-26(4-2)9-10-27-20(13-6-8-18(29)17(12-13)28(33)34)19(22(31)23(27)32)21(30)14-5-7-15(24)16(25)11-14/h5-8,11-12,20,29-30H,3-4,9-10H2,1-2H3/b21-19-. The molecule has 34 heavy (non-hydrogen) atoms. The maximum absolute atomic E-state index is 13.1. The van der Waals surface area contributed by atoms with Gasteiger partial charge >= 0.3 is 5.69 Å². The number of carbonyl (C=O) groups is 2. The van der Waals surface area contributed by atoms with Crippen LogP contribution >= 0.6 is 23.2 Å². The second-order valence-corrected chi connectivity index (χ2v) is 8.47. The lowest BCUT2D eigenvalue weighted by Crippen LogP contribution is -2.38. The molecule has 1 unspecified atom stereocenters. The summed E-state index contributed by atoms with van der Waals surface area (Å²) in [5, 5.41) is 32.7. The smallest absolute Gasteiger partial charge is 0.311 e. The molecule has 11 heteroatoms. The van der Waals surface area contributed by atoms with Gasteiger partial charge in [0.15, 0.2) is 5.75 Å². The fraction of sp³-hybridized carbons (Fsp3) is 0.304. The molecule has 1 saturated heterocycles. The number of hydrogen-bond donors (Lipinski definition) is 2. The van der Waals surface area contributed by atoms with Crippen LogP contribution in [0.4, 0.5) is 5.69 Å². The van der Waals surface area contributed by atoms with E-state index in [0.29, 0.717) is 6.54 Å². The number of phenolic OH excluding ortho intramolecular Hbond substituents is 1. The molecule has 3 rings (SSSR count). The van der Waals surface area contributed by atoms with Crippen molar-refractivity contribution in [3.63, 3.8) is 0 Å². The van der Waals surface area contributed by atoms with Crippen LogP contribution in [0, 0.1) is 10.1 Å². The highest BCUT2D eigenvalue weighted by Crippen LogP contribution is 2.42. The van der Waals surface area contributed by atoms with Crippen LogP contribution in [0.25, 0.3) is 5.76 Å². The van der Waals surface area contributed by atoms with E-state index in [1.54, 1.807) is 0 Å². The Hall–Kier alpha value is -3.14. The van der Waals surface area contributed by atoms with E-state index in [1.165, 1.54) is 29.2 Å². The molecule has 1 heterocycles. The molecule has 1 aliphatic rings. The molecule has 2 aromatic rings. The van der Waals surface area contributed by atoms with E-state index >= 15 is 0 Å². The van der Waals surface area contributed by atoms with Crippen molar-refractivity contribution in [2.75, 3.05) is 26.2 Å². The van der Waals surface area contributed by atoms with Crippen molar-refractivity contribution in [2.45, 2.75) is 19.9 Å². The highest BCUT2D eigenvalue weighted by molar-refractivity contribution is 6.47. The van der Waals surface area contributed by atoms with Crippen LogP contribution in [-0.4, -0.2) is 62.8 Å². The van der Waals surface area contributed by atoms with Crippen molar-refractivity contribution in [1.29, 1.82) is 0 Å². The number of carbonyl (C=O) groups excluding carboxylic acids is 2. The van der Waals surface area contributed by atoms with Gasteiger partial charge in [0.1, 0.15) is 5.76 Å². The van der Waals surface area contributed by atoms with Crippen molar-refractivity contribution in [2.24, 2.45) is 0 Å². The highest BCUT2D eigenvalue weighted by atomic mass is 35.5. The summed E-state index contributed by atoms with van der Waals surface area (Å²) in [5.41, 5.74) is -0.455. The molecule has 1 fully saturated rings. The zero-order chi connectivity index (χ0) is 25.2. The summed E-state index contributed by atoms with van der Waals surface area (Å²) in [6.07, 6.45) is 0. The van der Waals surface area contributed by atoms with Gasteiger partial charge in [-0.25, -0.2) is 0 Å². The summed E-state index contributed by atoms with van der Waals surface area (Å²) in [5.74, 6) is -2.81. The van der Waals surface area contributed by atoms with E-state index in [0.717, 1.165) is 25.2 Å². The Morgan fingerprint density at radius 2 is 1.79 bits per heavy atom. The number of amides is 1. The molecule has 9 nitrogen and oxygen atoms in total. The Morgan fingerprint density at radius 3 is 2.38 bits per heavy atom. The van der Waals surface area contributed by atoms with Gasteiger partial charge in [-0.3, -0.25) is 19.7 Å². The van der Waals surface area contributed by atoms with Crippen molar-refractivity contribution in [3.05, 3.63) is 73.3 Å². The fourth-order valence-corrected chi connectivity index (χ4v) is 4.20. The molecule has 0 radical (unpaired) electrons. The number of phenols is 1. The minimum absolute atomic E-state index is 0.137. The number of likely N-dealkylation sites (tertiary alicyclic amines) is 1. The van der Waals surface area contributed by atoms with Gasteiger partial charge in [0, 0.05) is 24.7 Å². The summed E-state index contributed by atoms with van der Waals surface area (Å²) in [6.45, 7) is 5.96. The SMILES string of the molecule is CCN(CC)CCN1C(=O)C(=O)/C(=C(\O)c2ccc(Cl)c(Cl)c2)C1c1ccc(O)c([N+](=O)[O-])c1. The second kappa shape index (κ2) is 10.4. The maximum atomic E-state index is 13.1. The molecular formula is C23H23Cl2N3O6. The minimum Gasteiger partial charge on any atom is -0.507 e. The lowest BCUT2D eigenvalue weighted by molar-refractivity contribution is -0.385. The maximum Gasteiger partial charge on any atom is 0.311 e. The molecule has 2 N–H and O–H groups in total. The van der Waals surface area contributed by atoms with E-state index in [4.69, 9.17) is 23.2 Å². The first kappa shape index (κ1) is 25.5. The number of rotatable bonds is 8. The summed E-state index contributed by atoms with van der Waals surface area (Å²) in [4.78, 5) is 40.0. The molecule has 0 saturated carbocycles. The van der Waals surface area contributed by atoms with Gasteiger partial charge in [-0.1, -0.05) is 43.1 Å². The molecule has 0 spiro atoms. The third-order valence-electron chi connectivity index (χ3n) is 5.80. The Kier molecular flexibility index (Phi) is 7.81. The quantitative estimate of drug-likeness (QED) is 0.178. The van der Waals surface area contributed by atoms with Gasteiger partial charge in [0.2, 0.25) is 0 Å². The van der Waals surface area contributed by atoms with Crippen LogP contribution in [0.1, 0.15) is 31.0 Å². The third-order valence-corrected chi connectivity index (χ3v) is 6.54. The highest BCUT2D eigenvalue weighted by Gasteiger charge is 2.46. The summed E-state index contributed by atoms with van der Waals surface area (Å²) >= 11 is 12.0. The molecule has 1 amide bonds. The van der Waals surface area contributed by atoms with Crippen LogP contribution in [0.3, 0.4) is 0 Å². The van der Waals surface area contributed by atoms with Gasteiger partial charge in [-0.05, 0) is 42.9 Å². The number of halogens is 2. The monoisotopic (exact) mass is 507 g/mol. The van der Waals surface area contributed by atoms with Crippen LogP contribution in [0.15, 0.2) is 42.0 Å². The summed E-state index contributed by atoms with van der Waals surface area (Å²) in [6, 6.07) is 6.74. The Balaban J connectivity index is 2.19. The third kappa shape index (κ3) is 4.86. The van der Waals surface area contributed by atoms with E-state index in [1.807, 2.05) is 13.8 Å². The predicted octanol–water partition coefficient (Wildman–Crippen LogP) is 4.37. The number of aromatic hydroxyl groups is 1. The average molecular weight is 508 g/mol. The van der Waals surface area contributed by atoms with Gasteiger partial charge in [-0.2, -0.15) is 0 Å². The molecule has 0 bridgehead atoms. The number of benzene rings is 2.